The van der Waals surface area contributed by atoms with Gasteiger partial charge in [0.1, 0.15) is 23.0 Å². The minimum absolute atomic E-state index is 0.172. The molecule has 0 aliphatic heterocycles. The lowest BCUT2D eigenvalue weighted by molar-refractivity contribution is 0.469. The van der Waals surface area contributed by atoms with E-state index >= 15 is 0 Å². The van der Waals surface area contributed by atoms with Crippen molar-refractivity contribution in [1.29, 1.82) is 0 Å². The normalized spacial score (nSPS) is 11.0. The predicted octanol–water partition coefficient (Wildman–Crippen LogP) is 4.84. The number of phenols is 4. The second-order valence-corrected chi connectivity index (χ2v) is 6.92. The quantitative estimate of drug-likeness (QED) is 0.413. The zero-order chi connectivity index (χ0) is 19.7. The van der Waals surface area contributed by atoms with Crippen LogP contribution in [0.1, 0.15) is 22.3 Å². The van der Waals surface area contributed by atoms with Crippen molar-refractivity contribution in [2.75, 3.05) is 0 Å². The molecule has 0 saturated carbocycles. The Bertz CT molecular complexity index is 1130. The van der Waals surface area contributed by atoms with Crippen LogP contribution in [0.15, 0.2) is 72.8 Å². The van der Waals surface area contributed by atoms with E-state index in [1.165, 1.54) is 0 Å². The van der Waals surface area contributed by atoms with E-state index in [-0.39, 0.29) is 23.0 Å². The van der Waals surface area contributed by atoms with Crippen molar-refractivity contribution in [3.05, 3.63) is 95.1 Å². The molecule has 4 nitrogen and oxygen atoms in total. The highest BCUT2D eigenvalue weighted by molar-refractivity contribution is 5.93. The second kappa shape index (κ2) is 7.16. The summed E-state index contributed by atoms with van der Waals surface area (Å²) >= 11 is 0. The van der Waals surface area contributed by atoms with Crippen molar-refractivity contribution >= 4 is 10.8 Å². The lowest BCUT2D eigenvalue weighted by atomic mass is 9.94. The fraction of sp³-hybridized carbons (Fsp3) is 0.0833. The Morgan fingerprint density at radius 3 is 1.64 bits per heavy atom. The van der Waals surface area contributed by atoms with Crippen LogP contribution in [0.3, 0.4) is 0 Å². The maximum atomic E-state index is 10.8. The van der Waals surface area contributed by atoms with Gasteiger partial charge >= 0.3 is 0 Å². The summed E-state index contributed by atoms with van der Waals surface area (Å²) in [5.41, 5.74) is 3.44. The molecule has 0 saturated heterocycles. The van der Waals surface area contributed by atoms with E-state index in [1.807, 2.05) is 36.4 Å². The van der Waals surface area contributed by atoms with Gasteiger partial charge in [0.25, 0.3) is 0 Å². The number of phenolic OH excluding ortho intramolecular Hbond substituents is 4. The van der Waals surface area contributed by atoms with Crippen molar-refractivity contribution in [2.24, 2.45) is 0 Å². The van der Waals surface area contributed by atoms with Crippen molar-refractivity contribution in [2.45, 2.75) is 12.8 Å². The molecular weight excluding hydrogens is 352 g/mol. The number of benzene rings is 4. The summed E-state index contributed by atoms with van der Waals surface area (Å²) in [6.07, 6.45) is 1.02. The molecule has 4 N–H and O–H groups in total. The number of hydrogen-bond donors (Lipinski definition) is 4. The van der Waals surface area contributed by atoms with Crippen LogP contribution >= 0.6 is 0 Å². The van der Waals surface area contributed by atoms with Crippen LogP contribution in [0.25, 0.3) is 10.8 Å². The van der Waals surface area contributed by atoms with Gasteiger partial charge in [-0.2, -0.15) is 0 Å². The van der Waals surface area contributed by atoms with Gasteiger partial charge in [0.15, 0.2) is 0 Å². The van der Waals surface area contributed by atoms with Gasteiger partial charge in [-0.25, -0.2) is 0 Å². The minimum atomic E-state index is 0.172. The van der Waals surface area contributed by atoms with Crippen molar-refractivity contribution < 1.29 is 20.4 Å². The van der Waals surface area contributed by atoms with E-state index < -0.39 is 0 Å². The van der Waals surface area contributed by atoms with Crippen LogP contribution in [0.2, 0.25) is 0 Å². The van der Waals surface area contributed by atoms with Crippen LogP contribution in [0, 0.1) is 0 Å². The third-order valence-corrected chi connectivity index (χ3v) is 4.99. The Labute approximate surface area is 162 Å². The van der Waals surface area contributed by atoms with Crippen molar-refractivity contribution in [1.82, 2.24) is 0 Å². The third-order valence-electron chi connectivity index (χ3n) is 4.99. The van der Waals surface area contributed by atoms with Crippen LogP contribution in [0.4, 0.5) is 0 Å². The summed E-state index contributed by atoms with van der Waals surface area (Å²) in [6, 6.07) is 20.9. The van der Waals surface area contributed by atoms with Gasteiger partial charge in [-0.15, -0.1) is 0 Å². The molecule has 4 aromatic rings. The van der Waals surface area contributed by atoms with E-state index in [0.29, 0.717) is 18.2 Å². The van der Waals surface area contributed by atoms with E-state index in [0.717, 1.165) is 27.6 Å². The van der Waals surface area contributed by atoms with Crippen LogP contribution in [-0.4, -0.2) is 20.4 Å². The Morgan fingerprint density at radius 2 is 1.04 bits per heavy atom. The average molecular weight is 372 g/mol. The molecule has 28 heavy (non-hydrogen) atoms. The van der Waals surface area contributed by atoms with Gasteiger partial charge in [-0.1, -0.05) is 36.4 Å². The molecule has 0 aromatic heterocycles. The molecule has 0 aliphatic rings. The fourth-order valence-corrected chi connectivity index (χ4v) is 3.47. The summed E-state index contributed by atoms with van der Waals surface area (Å²) in [5.74, 6) is 0.770. The zero-order valence-corrected chi connectivity index (χ0v) is 15.1. The lowest BCUT2D eigenvalue weighted by Gasteiger charge is -2.13. The molecule has 0 spiro atoms. The first kappa shape index (κ1) is 17.7. The lowest BCUT2D eigenvalue weighted by Crippen LogP contribution is -1.94. The van der Waals surface area contributed by atoms with Gasteiger partial charge in [0.05, 0.1) is 0 Å². The van der Waals surface area contributed by atoms with Crippen LogP contribution < -0.4 is 0 Å². The zero-order valence-electron chi connectivity index (χ0n) is 15.1. The minimum Gasteiger partial charge on any atom is -0.508 e. The second-order valence-electron chi connectivity index (χ2n) is 6.92. The van der Waals surface area contributed by atoms with Gasteiger partial charge < -0.3 is 20.4 Å². The SMILES string of the molecule is Oc1ccc(Cc2ccc3c(Cc4ccc(O)cc4)c(O)ccc3c2O)cc1. The Kier molecular flexibility index (Phi) is 4.53. The van der Waals surface area contributed by atoms with Gasteiger partial charge in [0.2, 0.25) is 0 Å². The molecule has 0 amide bonds. The molecule has 0 bridgehead atoms. The number of fused-ring (bicyclic) bond motifs is 1. The molecule has 0 aliphatic carbocycles. The highest BCUT2D eigenvalue weighted by Crippen LogP contribution is 2.36. The third kappa shape index (κ3) is 3.45. The van der Waals surface area contributed by atoms with E-state index in [9.17, 15) is 20.4 Å². The summed E-state index contributed by atoms with van der Waals surface area (Å²) in [4.78, 5) is 0. The predicted molar refractivity (Wildman–Crippen MR) is 109 cm³/mol. The Hall–Kier alpha value is -3.66. The molecule has 140 valence electrons. The smallest absolute Gasteiger partial charge is 0.126 e. The fourth-order valence-electron chi connectivity index (χ4n) is 3.47. The monoisotopic (exact) mass is 372 g/mol. The largest absolute Gasteiger partial charge is 0.508 e. The Morgan fingerprint density at radius 1 is 0.500 bits per heavy atom. The van der Waals surface area contributed by atoms with E-state index in [1.54, 1.807) is 36.4 Å². The molecule has 0 atom stereocenters. The van der Waals surface area contributed by atoms with Crippen molar-refractivity contribution in [3.63, 3.8) is 0 Å². The molecule has 0 heterocycles. The molecule has 0 radical (unpaired) electrons. The van der Waals surface area contributed by atoms with Gasteiger partial charge in [0, 0.05) is 23.8 Å². The standard InChI is InChI=1S/C24H20O4/c25-18-6-1-15(2-7-18)13-17-5-10-20-21(24(17)28)11-12-23(27)22(20)14-16-3-8-19(26)9-4-16/h1-12,25-28H,13-14H2. The molecule has 0 unspecified atom stereocenters. The van der Waals surface area contributed by atoms with Gasteiger partial charge in [-0.05, 0) is 58.5 Å². The number of rotatable bonds is 4. The molecule has 4 heteroatoms. The van der Waals surface area contributed by atoms with E-state index in [4.69, 9.17) is 0 Å². The highest BCUT2D eigenvalue weighted by Gasteiger charge is 2.13. The maximum absolute atomic E-state index is 10.8. The van der Waals surface area contributed by atoms with Crippen molar-refractivity contribution in [3.8, 4) is 23.0 Å². The average Bonchev–Trinajstić information content (AvgIpc) is 2.69. The number of aromatic hydroxyl groups is 4. The van der Waals surface area contributed by atoms with Crippen LogP contribution in [-0.2, 0) is 12.8 Å². The van der Waals surface area contributed by atoms with Crippen LogP contribution in [0.5, 0.6) is 23.0 Å². The topological polar surface area (TPSA) is 80.9 Å². The first-order valence-corrected chi connectivity index (χ1v) is 9.02. The maximum Gasteiger partial charge on any atom is 0.126 e. The summed E-state index contributed by atoms with van der Waals surface area (Å²) in [6.45, 7) is 0. The Balaban J connectivity index is 1.73. The first-order valence-electron chi connectivity index (χ1n) is 9.02. The van der Waals surface area contributed by atoms with E-state index in [2.05, 4.69) is 0 Å². The molecular formula is C24H20O4. The first-order chi connectivity index (χ1) is 13.5. The highest BCUT2D eigenvalue weighted by atomic mass is 16.3. The summed E-state index contributed by atoms with van der Waals surface area (Å²) in [7, 11) is 0. The molecule has 4 rings (SSSR count). The number of hydrogen-bond acceptors (Lipinski definition) is 4. The molecule has 4 aromatic carbocycles. The molecule has 0 fully saturated rings. The summed E-state index contributed by atoms with van der Waals surface area (Å²) in [5, 5.41) is 41.6. The summed E-state index contributed by atoms with van der Waals surface area (Å²) < 4.78 is 0. The van der Waals surface area contributed by atoms with Gasteiger partial charge in [-0.3, -0.25) is 0 Å².